The van der Waals surface area contributed by atoms with Crippen LogP contribution in [0.15, 0.2) is 47.4 Å². The number of sulfonamides is 1. The molecule has 0 amide bonds. The maximum Gasteiger partial charge on any atom is 0.261 e. The molecule has 0 bridgehead atoms. The van der Waals surface area contributed by atoms with Gasteiger partial charge >= 0.3 is 0 Å². The van der Waals surface area contributed by atoms with Crippen molar-refractivity contribution in [3.05, 3.63) is 53.6 Å². The number of nitrogens with zero attached hydrogens (tertiary/aromatic N) is 1. The third kappa shape index (κ3) is 3.52. The van der Waals surface area contributed by atoms with Crippen molar-refractivity contribution >= 4 is 21.4 Å². The number of nitrogens with one attached hydrogen (secondary N) is 1. The maximum atomic E-state index is 12.3. The van der Waals surface area contributed by atoms with E-state index in [0.29, 0.717) is 11.4 Å². The van der Waals surface area contributed by atoms with Crippen LogP contribution in [0, 0.1) is 18.3 Å². The number of nitriles is 1. The van der Waals surface area contributed by atoms with Crippen molar-refractivity contribution in [1.82, 2.24) is 0 Å². The van der Waals surface area contributed by atoms with Gasteiger partial charge in [-0.05, 0) is 48.4 Å². The van der Waals surface area contributed by atoms with E-state index in [0.717, 1.165) is 11.1 Å². The summed E-state index contributed by atoms with van der Waals surface area (Å²) in [7, 11) is -3.65. The lowest BCUT2D eigenvalue weighted by atomic mass is 10.2. The first-order chi connectivity index (χ1) is 9.92. The fraction of sp³-hybridized carbons (Fsp3) is 0.133. The second-order valence-corrected chi connectivity index (χ2v) is 6.34. The quantitative estimate of drug-likeness (QED) is 0.848. The highest BCUT2D eigenvalue weighted by Gasteiger charge is 2.15. The van der Waals surface area contributed by atoms with Crippen molar-refractivity contribution in [3.8, 4) is 6.07 Å². The second kappa shape index (κ2) is 5.85. The Hall–Kier alpha value is -2.52. The summed E-state index contributed by atoms with van der Waals surface area (Å²) >= 11 is 0. The Morgan fingerprint density at radius 2 is 1.86 bits per heavy atom. The molecule has 6 heteroatoms. The third-order valence-electron chi connectivity index (χ3n) is 3.01. The normalized spacial score (nSPS) is 10.9. The Labute approximate surface area is 124 Å². The summed E-state index contributed by atoms with van der Waals surface area (Å²) in [6, 6.07) is 13.2. The van der Waals surface area contributed by atoms with Crippen molar-refractivity contribution in [1.29, 1.82) is 5.26 Å². The summed E-state index contributed by atoms with van der Waals surface area (Å²) in [5.41, 5.74) is 8.24. The highest BCUT2D eigenvalue weighted by atomic mass is 32.2. The first kappa shape index (κ1) is 14.9. The Morgan fingerprint density at radius 1 is 1.19 bits per heavy atom. The fourth-order valence-electron chi connectivity index (χ4n) is 1.88. The van der Waals surface area contributed by atoms with Gasteiger partial charge in [-0.2, -0.15) is 5.26 Å². The molecular formula is C15H15N3O2S. The monoisotopic (exact) mass is 301 g/mol. The van der Waals surface area contributed by atoms with Crippen LogP contribution in [-0.2, 0) is 16.4 Å². The molecule has 0 saturated heterocycles. The molecule has 0 saturated carbocycles. The molecule has 0 heterocycles. The molecule has 0 atom stereocenters. The molecular weight excluding hydrogens is 286 g/mol. The molecule has 0 radical (unpaired) electrons. The van der Waals surface area contributed by atoms with Gasteiger partial charge in [0, 0.05) is 5.69 Å². The van der Waals surface area contributed by atoms with Crippen LogP contribution < -0.4 is 10.5 Å². The number of anilines is 2. The van der Waals surface area contributed by atoms with Crippen molar-refractivity contribution in [2.45, 2.75) is 18.2 Å². The van der Waals surface area contributed by atoms with Crippen LogP contribution in [-0.4, -0.2) is 8.42 Å². The average Bonchev–Trinajstić information content (AvgIpc) is 2.43. The van der Waals surface area contributed by atoms with E-state index in [1.807, 2.05) is 6.07 Å². The predicted molar refractivity (Wildman–Crippen MR) is 82.2 cm³/mol. The summed E-state index contributed by atoms with van der Waals surface area (Å²) < 4.78 is 27.1. The number of hydrogen-bond acceptors (Lipinski definition) is 4. The van der Waals surface area contributed by atoms with Gasteiger partial charge in [0.25, 0.3) is 10.0 Å². The second-order valence-electron chi connectivity index (χ2n) is 4.66. The zero-order chi connectivity index (χ0) is 15.5. The summed E-state index contributed by atoms with van der Waals surface area (Å²) in [5, 5.41) is 8.61. The van der Waals surface area contributed by atoms with Gasteiger partial charge in [-0.3, -0.25) is 4.72 Å². The minimum Gasteiger partial charge on any atom is -0.399 e. The van der Waals surface area contributed by atoms with Gasteiger partial charge in [-0.25, -0.2) is 8.42 Å². The van der Waals surface area contributed by atoms with Gasteiger partial charge in [0.05, 0.1) is 23.1 Å². The molecule has 5 nitrogen and oxygen atoms in total. The lowest BCUT2D eigenvalue weighted by molar-refractivity contribution is 0.601. The number of hydrogen-bond donors (Lipinski definition) is 2. The van der Waals surface area contributed by atoms with E-state index in [9.17, 15) is 8.42 Å². The van der Waals surface area contributed by atoms with Gasteiger partial charge < -0.3 is 5.73 Å². The highest BCUT2D eigenvalue weighted by molar-refractivity contribution is 7.92. The maximum absolute atomic E-state index is 12.3. The Balaban J connectivity index is 2.27. The third-order valence-corrected chi connectivity index (χ3v) is 4.39. The smallest absolute Gasteiger partial charge is 0.261 e. The van der Waals surface area contributed by atoms with E-state index < -0.39 is 10.0 Å². The van der Waals surface area contributed by atoms with E-state index in [4.69, 9.17) is 11.0 Å². The molecule has 0 aliphatic carbocycles. The van der Waals surface area contributed by atoms with Crippen molar-refractivity contribution in [3.63, 3.8) is 0 Å². The molecule has 0 fully saturated rings. The van der Waals surface area contributed by atoms with Crippen LogP contribution in [0.5, 0.6) is 0 Å². The van der Waals surface area contributed by atoms with Crippen LogP contribution in [0.25, 0.3) is 0 Å². The molecule has 0 aliphatic heterocycles. The van der Waals surface area contributed by atoms with Gasteiger partial charge in [-0.15, -0.1) is 0 Å². The van der Waals surface area contributed by atoms with Gasteiger partial charge in [0.2, 0.25) is 0 Å². The van der Waals surface area contributed by atoms with E-state index in [1.54, 1.807) is 37.3 Å². The number of nitrogen functional groups attached to an aromatic ring is 1. The molecule has 2 rings (SSSR count). The van der Waals surface area contributed by atoms with Crippen molar-refractivity contribution < 1.29 is 8.42 Å². The van der Waals surface area contributed by atoms with Crippen LogP contribution in [0.4, 0.5) is 11.4 Å². The molecule has 0 aliphatic rings. The van der Waals surface area contributed by atoms with Crippen LogP contribution in [0.3, 0.4) is 0 Å². The SMILES string of the molecule is Cc1cc(N)ccc1NS(=O)(=O)c1ccc(CC#N)cc1. The molecule has 3 N–H and O–H groups in total. The lowest BCUT2D eigenvalue weighted by Crippen LogP contribution is -2.13. The van der Waals surface area contributed by atoms with E-state index in [2.05, 4.69) is 4.72 Å². The summed E-state index contributed by atoms with van der Waals surface area (Å²) in [4.78, 5) is 0.153. The minimum atomic E-state index is -3.65. The van der Waals surface area contributed by atoms with Crippen LogP contribution in [0.2, 0.25) is 0 Å². The lowest BCUT2D eigenvalue weighted by Gasteiger charge is -2.11. The van der Waals surface area contributed by atoms with Gasteiger partial charge in [0.15, 0.2) is 0 Å². The Kier molecular flexibility index (Phi) is 4.15. The average molecular weight is 301 g/mol. The zero-order valence-electron chi connectivity index (χ0n) is 11.5. The highest BCUT2D eigenvalue weighted by Crippen LogP contribution is 2.21. The first-order valence-corrected chi connectivity index (χ1v) is 7.75. The minimum absolute atomic E-state index is 0.153. The number of benzene rings is 2. The molecule has 2 aromatic carbocycles. The number of aryl methyl sites for hydroxylation is 1. The molecule has 108 valence electrons. The van der Waals surface area contributed by atoms with Gasteiger partial charge in [0.1, 0.15) is 0 Å². The Bertz CT molecular complexity index is 791. The summed E-state index contributed by atoms with van der Waals surface area (Å²) in [5.74, 6) is 0. The largest absolute Gasteiger partial charge is 0.399 e. The van der Waals surface area contributed by atoms with E-state index in [1.165, 1.54) is 12.1 Å². The summed E-state index contributed by atoms with van der Waals surface area (Å²) in [6.07, 6.45) is 0.255. The molecule has 21 heavy (non-hydrogen) atoms. The molecule has 2 aromatic rings. The molecule has 0 unspecified atom stereocenters. The van der Waals surface area contributed by atoms with Crippen molar-refractivity contribution in [2.75, 3.05) is 10.5 Å². The number of nitrogens with two attached hydrogens (primary N) is 1. The van der Waals surface area contributed by atoms with E-state index in [-0.39, 0.29) is 11.3 Å². The van der Waals surface area contributed by atoms with Gasteiger partial charge in [-0.1, -0.05) is 12.1 Å². The first-order valence-electron chi connectivity index (χ1n) is 6.27. The van der Waals surface area contributed by atoms with E-state index >= 15 is 0 Å². The number of rotatable bonds is 4. The Morgan fingerprint density at radius 3 is 2.43 bits per heavy atom. The fourth-order valence-corrected chi connectivity index (χ4v) is 3.01. The standard InChI is InChI=1S/C15H15N3O2S/c1-11-10-13(17)4-7-15(11)18-21(19,20)14-5-2-12(3-6-14)8-9-16/h2-7,10,18H,8,17H2,1H3. The van der Waals surface area contributed by atoms with Crippen LogP contribution >= 0.6 is 0 Å². The molecule has 0 spiro atoms. The topological polar surface area (TPSA) is 96.0 Å². The predicted octanol–water partition coefficient (Wildman–Crippen LogP) is 2.44. The van der Waals surface area contributed by atoms with Crippen molar-refractivity contribution in [2.24, 2.45) is 0 Å². The van der Waals surface area contributed by atoms with Crippen LogP contribution in [0.1, 0.15) is 11.1 Å². The molecule has 0 aromatic heterocycles. The zero-order valence-corrected chi connectivity index (χ0v) is 12.3. The summed E-state index contributed by atoms with van der Waals surface area (Å²) in [6.45, 7) is 1.78.